The topological polar surface area (TPSA) is 94.4 Å². The van der Waals surface area contributed by atoms with Gasteiger partial charge >= 0.3 is 11.9 Å². The number of esters is 1. The molecule has 0 heterocycles. The predicted octanol–water partition coefficient (Wildman–Crippen LogP) is 5.53. The Morgan fingerprint density at radius 3 is 2.24 bits per heavy atom. The molecular weight excluding hydrogens is 490 g/mol. The van der Waals surface area contributed by atoms with E-state index in [0.29, 0.717) is 21.5 Å². The monoisotopic (exact) mass is 509 g/mol. The van der Waals surface area contributed by atoms with Gasteiger partial charge in [0.15, 0.2) is 11.5 Å². The maximum Gasteiger partial charge on any atom is 0.336 e. The first-order valence-corrected chi connectivity index (χ1v) is 10.5. The number of aliphatic imine (C=N–C) groups is 1. The molecule has 0 fully saturated rings. The number of methoxy groups -OCH3 is 2. The van der Waals surface area contributed by atoms with Crippen LogP contribution in [0.5, 0.6) is 17.2 Å². The van der Waals surface area contributed by atoms with E-state index < -0.39 is 11.9 Å². The quantitative estimate of drug-likeness (QED) is 0.185. The summed E-state index contributed by atoms with van der Waals surface area (Å²) in [5, 5.41) is 8.97. The molecule has 0 radical (unpaired) electrons. The molecule has 0 amide bonds. The molecule has 0 aromatic heterocycles. The Labute approximate surface area is 199 Å². The SMILES string of the molecule is COc1ccc(/C=C/C(=O)Oc2c(Br)cc(/C=N/c3ccc(C(=O)O)cc3)cc2OC)cc1. The van der Waals surface area contributed by atoms with Crippen molar-refractivity contribution >= 4 is 45.8 Å². The lowest BCUT2D eigenvalue weighted by Crippen LogP contribution is -2.06. The minimum atomic E-state index is -0.997. The van der Waals surface area contributed by atoms with E-state index in [9.17, 15) is 9.59 Å². The summed E-state index contributed by atoms with van der Waals surface area (Å²) in [6.45, 7) is 0. The molecule has 168 valence electrons. The molecule has 3 aromatic rings. The van der Waals surface area contributed by atoms with Crippen molar-refractivity contribution in [3.63, 3.8) is 0 Å². The van der Waals surface area contributed by atoms with Crippen LogP contribution >= 0.6 is 15.9 Å². The third-order valence-corrected chi connectivity index (χ3v) is 5.05. The van der Waals surface area contributed by atoms with Crippen LogP contribution in [0.4, 0.5) is 5.69 Å². The van der Waals surface area contributed by atoms with Gasteiger partial charge in [-0.15, -0.1) is 0 Å². The van der Waals surface area contributed by atoms with Crippen LogP contribution < -0.4 is 14.2 Å². The molecule has 0 saturated heterocycles. The standard InChI is InChI=1S/C25H20BrNO6/c1-31-20-10-3-16(4-11-20)5-12-23(28)33-24-21(26)13-17(14-22(24)32-2)15-27-19-8-6-18(7-9-19)25(29)30/h3-15H,1-2H3,(H,29,30)/b12-5+,27-15+. The Bertz CT molecular complexity index is 1200. The van der Waals surface area contributed by atoms with Gasteiger partial charge in [-0.3, -0.25) is 4.99 Å². The second kappa shape index (κ2) is 11.1. The number of carbonyl (C=O) groups excluding carboxylic acids is 1. The highest BCUT2D eigenvalue weighted by atomic mass is 79.9. The maximum atomic E-state index is 12.3. The Hall–Kier alpha value is -3.91. The van der Waals surface area contributed by atoms with Gasteiger partial charge < -0.3 is 19.3 Å². The van der Waals surface area contributed by atoms with Crippen LogP contribution in [0.3, 0.4) is 0 Å². The molecule has 0 aliphatic rings. The smallest absolute Gasteiger partial charge is 0.336 e. The number of halogens is 1. The van der Waals surface area contributed by atoms with Gasteiger partial charge in [-0.2, -0.15) is 0 Å². The number of hydrogen-bond donors (Lipinski definition) is 1. The Balaban J connectivity index is 1.73. The summed E-state index contributed by atoms with van der Waals surface area (Å²) >= 11 is 3.41. The number of hydrogen-bond acceptors (Lipinski definition) is 6. The van der Waals surface area contributed by atoms with Gasteiger partial charge in [0, 0.05) is 12.3 Å². The molecule has 0 aliphatic carbocycles. The summed E-state index contributed by atoms with van der Waals surface area (Å²) < 4.78 is 16.5. The van der Waals surface area contributed by atoms with Crippen molar-refractivity contribution < 1.29 is 28.9 Å². The number of carboxylic acids is 1. The average molecular weight is 510 g/mol. The van der Waals surface area contributed by atoms with Crippen molar-refractivity contribution in [1.82, 2.24) is 0 Å². The van der Waals surface area contributed by atoms with Crippen LogP contribution in [0.15, 0.2) is 76.2 Å². The van der Waals surface area contributed by atoms with E-state index in [1.807, 2.05) is 12.1 Å². The molecule has 33 heavy (non-hydrogen) atoms. The zero-order valence-corrected chi connectivity index (χ0v) is 19.4. The fourth-order valence-electron chi connectivity index (χ4n) is 2.77. The largest absolute Gasteiger partial charge is 0.497 e. The number of nitrogens with zero attached hydrogens (tertiary/aromatic N) is 1. The summed E-state index contributed by atoms with van der Waals surface area (Å²) in [6, 6.07) is 16.8. The fraction of sp³-hybridized carbons (Fsp3) is 0.0800. The lowest BCUT2D eigenvalue weighted by atomic mass is 10.2. The molecule has 3 rings (SSSR count). The van der Waals surface area contributed by atoms with E-state index >= 15 is 0 Å². The zero-order valence-electron chi connectivity index (χ0n) is 17.8. The van der Waals surface area contributed by atoms with Crippen molar-refractivity contribution in [2.75, 3.05) is 14.2 Å². The van der Waals surface area contributed by atoms with Crippen LogP contribution in [0.25, 0.3) is 6.08 Å². The number of ether oxygens (including phenoxy) is 3. The normalized spacial score (nSPS) is 11.0. The van der Waals surface area contributed by atoms with E-state index in [1.165, 1.54) is 25.3 Å². The molecule has 1 N–H and O–H groups in total. The van der Waals surface area contributed by atoms with Crippen LogP contribution in [-0.4, -0.2) is 37.5 Å². The minimum absolute atomic E-state index is 0.186. The number of carbonyl (C=O) groups is 2. The van der Waals surface area contributed by atoms with Crippen LogP contribution in [0, 0.1) is 0 Å². The molecule has 0 unspecified atom stereocenters. The summed E-state index contributed by atoms with van der Waals surface area (Å²) in [6.07, 6.45) is 4.56. The lowest BCUT2D eigenvalue weighted by molar-refractivity contribution is -0.129. The number of carboxylic acid groups (broad SMARTS) is 1. The Morgan fingerprint density at radius 2 is 1.64 bits per heavy atom. The van der Waals surface area contributed by atoms with Crippen LogP contribution in [0.1, 0.15) is 21.5 Å². The second-order valence-electron chi connectivity index (χ2n) is 6.67. The molecule has 7 nitrogen and oxygen atoms in total. The lowest BCUT2D eigenvalue weighted by Gasteiger charge is -2.11. The molecule has 3 aromatic carbocycles. The van der Waals surface area contributed by atoms with Crippen LogP contribution in [0.2, 0.25) is 0 Å². The first kappa shape index (κ1) is 23.7. The first-order chi connectivity index (χ1) is 15.9. The van der Waals surface area contributed by atoms with Crippen molar-refractivity contribution in [3.05, 3.63) is 87.9 Å². The summed E-state index contributed by atoms with van der Waals surface area (Å²) in [7, 11) is 3.06. The number of benzene rings is 3. The summed E-state index contributed by atoms with van der Waals surface area (Å²) in [5.74, 6) is -0.250. The van der Waals surface area contributed by atoms with Crippen molar-refractivity contribution in [2.45, 2.75) is 0 Å². The third kappa shape index (κ3) is 6.54. The number of aromatic carboxylic acids is 1. The van der Waals surface area contributed by atoms with Gasteiger partial charge in [0.25, 0.3) is 0 Å². The van der Waals surface area contributed by atoms with Gasteiger partial charge in [0.1, 0.15) is 5.75 Å². The van der Waals surface area contributed by atoms with Crippen molar-refractivity contribution in [1.29, 1.82) is 0 Å². The van der Waals surface area contributed by atoms with Crippen molar-refractivity contribution in [3.8, 4) is 17.2 Å². The highest BCUT2D eigenvalue weighted by Crippen LogP contribution is 2.36. The molecule has 0 aliphatic heterocycles. The first-order valence-electron chi connectivity index (χ1n) is 9.68. The van der Waals surface area contributed by atoms with Crippen molar-refractivity contribution in [2.24, 2.45) is 4.99 Å². The summed E-state index contributed by atoms with van der Waals surface area (Å²) in [4.78, 5) is 27.6. The maximum absolute atomic E-state index is 12.3. The highest BCUT2D eigenvalue weighted by Gasteiger charge is 2.14. The van der Waals surface area contributed by atoms with Crippen LogP contribution in [-0.2, 0) is 4.79 Å². The van der Waals surface area contributed by atoms with E-state index in [-0.39, 0.29) is 11.3 Å². The van der Waals surface area contributed by atoms with E-state index in [2.05, 4.69) is 20.9 Å². The van der Waals surface area contributed by atoms with E-state index in [1.54, 1.807) is 55.8 Å². The van der Waals surface area contributed by atoms with Gasteiger partial charge in [-0.1, -0.05) is 12.1 Å². The molecule has 0 spiro atoms. The highest BCUT2D eigenvalue weighted by molar-refractivity contribution is 9.10. The molecule has 0 bridgehead atoms. The predicted molar refractivity (Wildman–Crippen MR) is 129 cm³/mol. The van der Waals surface area contributed by atoms with Gasteiger partial charge in [-0.25, -0.2) is 9.59 Å². The molecular formula is C25H20BrNO6. The van der Waals surface area contributed by atoms with Gasteiger partial charge in [0.05, 0.1) is 29.9 Å². The molecule has 0 saturated carbocycles. The fourth-order valence-corrected chi connectivity index (χ4v) is 3.31. The second-order valence-corrected chi connectivity index (χ2v) is 7.53. The number of rotatable bonds is 8. The van der Waals surface area contributed by atoms with E-state index in [0.717, 1.165) is 11.3 Å². The third-order valence-electron chi connectivity index (χ3n) is 4.46. The summed E-state index contributed by atoms with van der Waals surface area (Å²) in [5.41, 5.74) is 2.29. The molecule has 0 atom stereocenters. The van der Waals surface area contributed by atoms with E-state index in [4.69, 9.17) is 19.3 Å². The Morgan fingerprint density at radius 1 is 0.939 bits per heavy atom. The minimum Gasteiger partial charge on any atom is -0.497 e. The average Bonchev–Trinajstić information content (AvgIpc) is 2.83. The molecule has 8 heteroatoms. The van der Waals surface area contributed by atoms with Gasteiger partial charge in [0.2, 0.25) is 0 Å². The van der Waals surface area contributed by atoms with Gasteiger partial charge in [-0.05, 0) is 81.7 Å². The zero-order chi connectivity index (χ0) is 23.8. The Kier molecular flexibility index (Phi) is 7.99.